The minimum absolute atomic E-state index is 0.589. The highest BCUT2D eigenvalue weighted by atomic mass is 32.2. The van der Waals surface area contributed by atoms with Crippen LogP contribution in [-0.2, 0) is 0 Å². The molecular formula is C13H12N4O2S2. The Morgan fingerprint density at radius 3 is 2.52 bits per heavy atom. The number of aromatic nitrogens is 4. The zero-order valence-corrected chi connectivity index (χ0v) is 13.2. The summed E-state index contributed by atoms with van der Waals surface area (Å²) in [6.07, 6.45) is 1.94. The first-order valence-corrected chi connectivity index (χ1v) is 8.19. The first kappa shape index (κ1) is 14.0. The van der Waals surface area contributed by atoms with Crippen molar-refractivity contribution < 1.29 is 0 Å². The highest BCUT2D eigenvalue weighted by molar-refractivity contribution is 8.00. The minimum Gasteiger partial charge on any atom is -0.316 e. The van der Waals surface area contributed by atoms with Gasteiger partial charge < -0.3 is 9.97 Å². The molecule has 0 atom stereocenters. The van der Waals surface area contributed by atoms with Gasteiger partial charge in [0.25, 0.3) is 0 Å². The van der Waals surface area contributed by atoms with Gasteiger partial charge in [-0.25, -0.2) is 0 Å². The summed E-state index contributed by atoms with van der Waals surface area (Å²) >= 11 is 2.98. The maximum absolute atomic E-state index is 11.6. The van der Waals surface area contributed by atoms with Crippen LogP contribution in [0.15, 0.2) is 20.0 Å². The third-order valence-corrected chi connectivity index (χ3v) is 5.25. The molecule has 0 amide bonds. The van der Waals surface area contributed by atoms with E-state index in [2.05, 4.69) is 20.2 Å². The summed E-state index contributed by atoms with van der Waals surface area (Å²) < 4.78 is 0.853. The monoisotopic (exact) mass is 320 g/mol. The van der Waals surface area contributed by atoms with Gasteiger partial charge in [0, 0.05) is 5.56 Å². The number of nitrogens with zero attached hydrogens (tertiary/aromatic N) is 2. The lowest BCUT2D eigenvalue weighted by Crippen LogP contribution is -2.29. The Morgan fingerprint density at radius 2 is 1.86 bits per heavy atom. The summed E-state index contributed by atoms with van der Waals surface area (Å²) in [6.45, 7) is 3.92. The van der Waals surface area contributed by atoms with Crippen molar-refractivity contribution in [3.8, 4) is 10.6 Å². The van der Waals surface area contributed by atoms with Crippen molar-refractivity contribution in [3.63, 3.8) is 0 Å². The van der Waals surface area contributed by atoms with Gasteiger partial charge in [0.1, 0.15) is 0 Å². The van der Waals surface area contributed by atoms with E-state index in [0.717, 1.165) is 26.0 Å². The fraction of sp³-hybridized carbons (Fsp3) is 0.231. The molecule has 21 heavy (non-hydrogen) atoms. The molecule has 0 aliphatic carbocycles. The number of rotatable bonds is 2. The number of H-pyrrole nitrogens is 2. The number of thioether (sulfide) groups is 1. The topological polar surface area (TPSA) is 91.5 Å². The van der Waals surface area contributed by atoms with Gasteiger partial charge in [0.05, 0.1) is 11.0 Å². The zero-order chi connectivity index (χ0) is 15.1. The molecule has 3 aromatic rings. The lowest BCUT2D eigenvalue weighted by molar-refractivity contribution is 1.01. The lowest BCUT2D eigenvalue weighted by atomic mass is 10.0. The predicted molar refractivity (Wildman–Crippen MR) is 85.3 cm³/mol. The second kappa shape index (κ2) is 5.12. The van der Waals surface area contributed by atoms with Gasteiger partial charge in [-0.1, -0.05) is 23.1 Å². The first-order chi connectivity index (χ1) is 10.0. The van der Waals surface area contributed by atoms with Crippen LogP contribution in [0.1, 0.15) is 11.1 Å². The third kappa shape index (κ3) is 2.30. The number of hydrogen-bond donors (Lipinski definition) is 2. The molecule has 0 unspecified atom stereocenters. The van der Waals surface area contributed by atoms with Crippen molar-refractivity contribution in [2.45, 2.75) is 18.2 Å². The van der Waals surface area contributed by atoms with Gasteiger partial charge in [0.15, 0.2) is 9.35 Å². The molecule has 2 N–H and O–H groups in total. The van der Waals surface area contributed by atoms with Crippen LogP contribution >= 0.6 is 23.1 Å². The van der Waals surface area contributed by atoms with Crippen LogP contribution in [0.4, 0.5) is 0 Å². The van der Waals surface area contributed by atoms with Crippen molar-refractivity contribution in [2.75, 3.05) is 6.26 Å². The Bertz CT molecular complexity index is 955. The van der Waals surface area contributed by atoms with Gasteiger partial charge in [-0.05, 0) is 37.3 Å². The summed E-state index contributed by atoms with van der Waals surface area (Å²) in [6, 6.07) is 1.85. The Labute approximate surface area is 127 Å². The SMILES string of the molecule is CSc1nnc(-c2c(C)c(C)cc3[nH]c(=O)c(=O)[nH]c23)s1. The van der Waals surface area contributed by atoms with Crippen LogP contribution in [0.2, 0.25) is 0 Å². The number of benzene rings is 1. The number of aryl methyl sites for hydroxylation is 1. The molecule has 8 heteroatoms. The third-order valence-electron chi connectivity index (χ3n) is 3.33. The van der Waals surface area contributed by atoms with Crippen LogP contribution in [0, 0.1) is 13.8 Å². The summed E-state index contributed by atoms with van der Waals surface area (Å²) in [5.74, 6) is 0. The van der Waals surface area contributed by atoms with Crippen LogP contribution in [0.25, 0.3) is 21.6 Å². The van der Waals surface area contributed by atoms with Crippen molar-refractivity contribution in [1.29, 1.82) is 0 Å². The van der Waals surface area contributed by atoms with E-state index in [-0.39, 0.29) is 0 Å². The standard InChI is InChI=1S/C13H12N4O2S2/c1-5-4-7-9(15-11(19)10(18)14-7)8(6(5)2)12-16-17-13(20-3)21-12/h4H,1-3H3,(H,14,18)(H,15,19). The largest absolute Gasteiger partial charge is 0.316 e. The number of aromatic amines is 2. The second-order valence-corrected chi connectivity index (χ2v) is 6.63. The molecule has 0 fully saturated rings. The molecule has 2 aromatic heterocycles. The zero-order valence-electron chi connectivity index (χ0n) is 11.6. The van der Waals surface area contributed by atoms with Crippen LogP contribution in [0.5, 0.6) is 0 Å². The smallest absolute Gasteiger partial charge is 0.314 e. The van der Waals surface area contributed by atoms with Crippen molar-refractivity contribution >= 4 is 34.1 Å². The Kier molecular flexibility index (Phi) is 3.42. The highest BCUT2D eigenvalue weighted by Gasteiger charge is 2.16. The number of hydrogen-bond acceptors (Lipinski definition) is 6. The lowest BCUT2D eigenvalue weighted by Gasteiger charge is -2.10. The summed E-state index contributed by atoms with van der Waals surface area (Å²) in [4.78, 5) is 28.4. The van der Waals surface area contributed by atoms with E-state index in [1.54, 1.807) is 0 Å². The Hall–Kier alpha value is -1.93. The van der Waals surface area contributed by atoms with Gasteiger partial charge in [-0.15, -0.1) is 10.2 Å². The molecular weight excluding hydrogens is 308 g/mol. The molecule has 0 radical (unpaired) electrons. The number of nitrogens with one attached hydrogen (secondary N) is 2. The van der Waals surface area contributed by atoms with E-state index in [1.165, 1.54) is 23.1 Å². The van der Waals surface area contributed by atoms with Gasteiger partial charge >= 0.3 is 11.1 Å². The molecule has 0 aliphatic heterocycles. The molecule has 1 aromatic carbocycles. The summed E-state index contributed by atoms with van der Waals surface area (Å²) in [5.41, 5.74) is 2.71. The number of fused-ring (bicyclic) bond motifs is 1. The summed E-state index contributed by atoms with van der Waals surface area (Å²) in [5, 5.41) is 9.02. The molecule has 0 spiro atoms. The average Bonchev–Trinajstić information content (AvgIpc) is 2.91. The Morgan fingerprint density at radius 1 is 1.14 bits per heavy atom. The van der Waals surface area contributed by atoms with Crippen LogP contribution in [-0.4, -0.2) is 26.4 Å². The molecule has 0 saturated carbocycles. The quantitative estimate of drug-likeness (QED) is 0.557. The maximum Gasteiger partial charge on any atom is 0.314 e. The molecule has 2 heterocycles. The van der Waals surface area contributed by atoms with Gasteiger partial charge in [-0.3, -0.25) is 9.59 Å². The molecule has 0 saturated heterocycles. The predicted octanol–water partition coefficient (Wildman–Crippen LogP) is 2.07. The van der Waals surface area contributed by atoms with E-state index in [0.29, 0.717) is 11.0 Å². The van der Waals surface area contributed by atoms with E-state index in [9.17, 15) is 9.59 Å². The molecule has 108 valence electrons. The van der Waals surface area contributed by atoms with E-state index in [4.69, 9.17) is 0 Å². The van der Waals surface area contributed by atoms with E-state index in [1.807, 2.05) is 26.2 Å². The molecule has 3 rings (SSSR count). The normalized spacial score (nSPS) is 11.2. The van der Waals surface area contributed by atoms with Crippen molar-refractivity contribution in [1.82, 2.24) is 20.2 Å². The van der Waals surface area contributed by atoms with Gasteiger partial charge in [0.2, 0.25) is 0 Å². The van der Waals surface area contributed by atoms with Crippen LogP contribution < -0.4 is 11.1 Å². The van der Waals surface area contributed by atoms with Crippen molar-refractivity contribution in [3.05, 3.63) is 37.9 Å². The minimum atomic E-state index is -0.665. The van der Waals surface area contributed by atoms with Crippen molar-refractivity contribution in [2.24, 2.45) is 0 Å². The highest BCUT2D eigenvalue weighted by Crippen LogP contribution is 2.35. The fourth-order valence-electron chi connectivity index (χ4n) is 2.15. The van der Waals surface area contributed by atoms with E-state index >= 15 is 0 Å². The van der Waals surface area contributed by atoms with Crippen LogP contribution in [0.3, 0.4) is 0 Å². The Balaban J connectivity index is 2.44. The molecule has 0 bridgehead atoms. The average molecular weight is 320 g/mol. The van der Waals surface area contributed by atoms with E-state index < -0.39 is 11.1 Å². The second-order valence-electron chi connectivity index (χ2n) is 4.60. The maximum atomic E-state index is 11.6. The first-order valence-electron chi connectivity index (χ1n) is 6.15. The fourth-order valence-corrected chi connectivity index (χ4v) is 3.53. The summed E-state index contributed by atoms with van der Waals surface area (Å²) in [7, 11) is 0. The molecule has 6 nitrogen and oxygen atoms in total. The molecule has 0 aliphatic rings. The van der Waals surface area contributed by atoms with Gasteiger partial charge in [-0.2, -0.15) is 0 Å².